The van der Waals surface area contributed by atoms with Gasteiger partial charge in [0.25, 0.3) is 0 Å². The topological polar surface area (TPSA) is 30.7 Å². The Balaban J connectivity index is 1.17. The van der Waals surface area contributed by atoms with E-state index in [4.69, 9.17) is 9.97 Å². The highest BCUT2D eigenvalue weighted by Crippen LogP contribution is 2.58. The Labute approximate surface area is 331 Å². The Hall–Kier alpha value is -7.10. The molecule has 12 rings (SSSR count). The number of aromatic nitrogens is 3. The van der Waals surface area contributed by atoms with Crippen LogP contribution < -0.4 is 0 Å². The Kier molecular flexibility index (Phi) is 6.61. The van der Waals surface area contributed by atoms with Crippen molar-refractivity contribution >= 4 is 32.6 Å². The van der Waals surface area contributed by atoms with Gasteiger partial charge in [-0.1, -0.05) is 178 Å². The summed E-state index contributed by atoms with van der Waals surface area (Å²) in [7, 11) is 0. The first-order chi connectivity index (χ1) is 28.0. The van der Waals surface area contributed by atoms with Crippen molar-refractivity contribution in [1.82, 2.24) is 14.5 Å². The van der Waals surface area contributed by atoms with Crippen LogP contribution in [0.15, 0.2) is 188 Å². The standard InChI is InChI=1S/C54H37N3/c1-53(2)44-26-14-12-25-41(44)49-50(55-52(56-51(49)53)57-47-28-16-13-24-40(47)43-31-34-17-9-10-18-35(34)33-48(43)57)36-29-30-46-42(32-36)39-23-11-15-27-45(39)54(46,37-19-5-3-6-20-37)38-21-7-4-8-22-38/h3-33H,1-2H3. The Bertz CT molecular complexity index is 3220. The number of hydrogen-bond donors (Lipinski definition) is 0. The molecule has 3 heteroatoms. The van der Waals surface area contributed by atoms with E-state index in [0.29, 0.717) is 5.95 Å². The molecule has 2 aromatic heterocycles. The third-order valence-corrected chi connectivity index (χ3v) is 12.8. The van der Waals surface area contributed by atoms with E-state index < -0.39 is 5.41 Å². The Morgan fingerprint density at radius 1 is 0.439 bits per heavy atom. The molecule has 268 valence electrons. The minimum absolute atomic E-state index is 0.330. The first-order valence-corrected chi connectivity index (χ1v) is 19.8. The van der Waals surface area contributed by atoms with Crippen molar-refractivity contribution in [2.24, 2.45) is 0 Å². The summed E-state index contributed by atoms with van der Waals surface area (Å²) in [6.45, 7) is 4.62. The lowest BCUT2D eigenvalue weighted by Gasteiger charge is -2.33. The number of benzene rings is 8. The summed E-state index contributed by atoms with van der Waals surface area (Å²) in [5.74, 6) is 0.690. The fourth-order valence-corrected chi connectivity index (χ4v) is 10.3. The minimum Gasteiger partial charge on any atom is -0.278 e. The van der Waals surface area contributed by atoms with Crippen molar-refractivity contribution in [2.75, 3.05) is 0 Å². The number of rotatable bonds is 4. The molecule has 0 saturated carbocycles. The number of nitrogens with zero attached hydrogens (tertiary/aromatic N) is 3. The maximum absolute atomic E-state index is 5.69. The van der Waals surface area contributed by atoms with Gasteiger partial charge in [-0.3, -0.25) is 4.57 Å². The maximum atomic E-state index is 5.69. The Morgan fingerprint density at radius 2 is 1.04 bits per heavy atom. The average Bonchev–Trinajstić information content (AvgIpc) is 3.84. The quantitative estimate of drug-likeness (QED) is 0.181. The Morgan fingerprint density at radius 3 is 1.79 bits per heavy atom. The second kappa shape index (κ2) is 11.7. The summed E-state index contributed by atoms with van der Waals surface area (Å²) < 4.78 is 2.29. The molecule has 0 saturated heterocycles. The average molecular weight is 728 g/mol. The molecule has 0 amide bonds. The molecule has 3 nitrogen and oxygen atoms in total. The second-order valence-electron chi connectivity index (χ2n) is 16.1. The fourth-order valence-electron chi connectivity index (χ4n) is 10.3. The maximum Gasteiger partial charge on any atom is 0.235 e. The third kappa shape index (κ3) is 4.31. The van der Waals surface area contributed by atoms with Crippen molar-refractivity contribution in [3.63, 3.8) is 0 Å². The monoisotopic (exact) mass is 727 g/mol. The molecule has 2 aliphatic carbocycles. The summed E-state index contributed by atoms with van der Waals surface area (Å²) in [5.41, 5.74) is 15.7. The molecule has 0 N–H and O–H groups in total. The molecule has 10 aromatic rings. The van der Waals surface area contributed by atoms with E-state index in [-0.39, 0.29) is 5.41 Å². The minimum atomic E-state index is -0.466. The molecule has 0 fully saturated rings. The molecular weight excluding hydrogens is 691 g/mol. The van der Waals surface area contributed by atoms with Crippen LogP contribution in [0.5, 0.6) is 0 Å². The van der Waals surface area contributed by atoms with E-state index in [1.807, 2.05) is 0 Å². The SMILES string of the molecule is CC1(C)c2ccccc2-c2c(-c3ccc4c(c3)-c3ccccc3C4(c3ccccc3)c3ccccc3)nc(-n3c4ccccc4c4cc5ccccc5cc43)nc21. The predicted octanol–water partition coefficient (Wildman–Crippen LogP) is 13.1. The van der Waals surface area contributed by atoms with Gasteiger partial charge in [-0.05, 0) is 79.5 Å². The van der Waals surface area contributed by atoms with Crippen LogP contribution in [0.3, 0.4) is 0 Å². The fraction of sp³-hybridized carbons (Fsp3) is 0.0741. The van der Waals surface area contributed by atoms with Crippen LogP contribution in [0.4, 0.5) is 0 Å². The molecular formula is C54H37N3. The molecule has 0 aliphatic heterocycles. The van der Waals surface area contributed by atoms with E-state index in [1.54, 1.807) is 0 Å². The van der Waals surface area contributed by atoms with Crippen molar-refractivity contribution < 1.29 is 0 Å². The van der Waals surface area contributed by atoms with Gasteiger partial charge in [0.1, 0.15) is 0 Å². The molecule has 0 spiro atoms. The third-order valence-electron chi connectivity index (χ3n) is 12.8. The summed E-state index contributed by atoms with van der Waals surface area (Å²) >= 11 is 0. The van der Waals surface area contributed by atoms with Gasteiger partial charge in [-0.15, -0.1) is 0 Å². The van der Waals surface area contributed by atoms with Crippen molar-refractivity contribution in [2.45, 2.75) is 24.7 Å². The molecule has 0 unspecified atom stereocenters. The molecule has 0 radical (unpaired) electrons. The molecule has 57 heavy (non-hydrogen) atoms. The van der Waals surface area contributed by atoms with Crippen LogP contribution in [0.25, 0.3) is 72.0 Å². The predicted molar refractivity (Wildman–Crippen MR) is 234 cm³/mol. The van der Waals surface area contributed by atoms with Crippen LogP contribution in [-0.2, 0) is 10.8 Å². The van der Waals surface area contributed by atoms with Crippen LogP contribution >= 0.6 is 0 Å². The van der Waals surface area contributed by atoms with Crippen molar-refractivity contribution in [3.8, 4) is 39.5 Å². The van der Waals surface area contributed by atoms with E-state index in [9.17, 15) is 0 Å². The summed E-state index contributed by atoms with van der Waals surface area (Å²) in [4.78, 5) is 11.3. The van der Waals surface area contributed by atoms with Crippen LogP contribution in [0.2, 0.25) is 0 Å². The van der Waals surface area contributed by atoms with Crippen molar-refractivity contribution in [1.29, 1.82) is 0 Å². The van der Waals surface area contributed by atoms with E-state index >= 15 is 0 Å². The normalized spacial score (nSPS) is 14.4. The molecule has 8 aromatic carbocycles. The van der Waals surface area contributed by atoms with Crippen LogP contribution in [0.1, 0.15) is 47.4 Å². The first kappa shape index (κ1) is 32.2. The van der Waals surface area contributed by atoms with Crippen LogP contribution in [-0.4, -0.2) is 14.5 Å². The summed E-state index contributed by atoms with van der Waals surface area (Å²) in [6, 6.07) is 68.8. The van der Waals surface area contributed by atoms with Gasteiger partial charge >= 0.3 is 0 Å². The number of fused-ring (bicyclic) bond motifs is 10. The highest BCUT2D eigenvalue weighted by atomic mass is 15.2. The zero-order valence-corrected chi connectivity index (χ0v) is 31.7. The van der Waals surface area contributed by atoms with Gasteiger partial charge in [0.15, 0.2) is 0 Å². The van der Waals surface area contributed by atoms with Gasteiger partial charge in [-0.25, -0.2) is 9.97 Å². The molecule has 0 atom stereocenters. The number of hydrogen-bond acceptors (Lipinski definition) is 2. The largest absolute Gasteiger partial charge is 0.278 e. The van der Waals surface area contributed by atoms with Crippen molar-refractivity contribution in [3.05, 3.63) is 222 Å². The summed E-state index contributed by atoms with van der Waals surface area (Å²) in [5, 5.41) is 4.81. The van der Waals surface area contributed by atoms with Gasteiger partial charge in [-0.2, -0.15) is 0 Å². The molecule has 2 aliphatic rings. The second-order valence-corrected chi connectivity index (χ2v) is 16.1. The van der Waals surface area contributed by atoms with Crippen LogP contribution in [0, 0.1) is 0 Å². The zero-order valence-electron chi connectivity index (χ0n) is 31.7. The van der Waals surface area contributed by atoms with E-state index in [0.717, 1.165) is 33.5 Å². The highest BCUT2D eigenvalue weighted by molar-refractivity contribution is 6.13. The first-order valence-electron chi connectivity index (χ1n) is 19.8. The zero-order chi connectivity index (χ0) is 37.9. The van der Waals surface area contributed by atoms with E-state index in [1.165, 1.54) is 66.1 Å². The molecule has 0 bridgehead atoms. The van der Waals surface area contributed by atoms with Gasteiger partial charge < -0.3 is 0 Å². The lowest BCUT2D eigenvalue weighted by atomic mass is 9.67. The summed E-state index contributed by atoms with van der Waals surface area (Å²) in [6.07, 6.45) is 0. The highest BCUT2D eigenvalue weighted by Gasteiger charge is 2.46. The van der Waals surface area contributed by atoms with E-state index in [2.05, 4.69) is 206 Å². The molecule has 2 heterocycles. The van der Waals surface area contributed by atoms with Gasteiger partial charge in [0, 0.05) is 27.3 Å². The lowest BCUT2D eigenvalue weighted by molar-refractivity contribution is 0.632. The number of para-hydroxylation sites is 1. The van der Waals surface area contributed by atoms with Gasteiger partial charge in [0.05, 0.1) is 27.8 Å². The lowest BCUT2D eigenvalue weighted by Crippen LogP contribution is -2.28. The van der Waals surface area contributed by atoms with Gasteiger partial charge in [0.2, 0.25) is 5.95 Å². The smallest absolute Gasteiger partial charge is 0.235 e.